The topological polar surface area (TPSA) is 12.0 Å². The first-order valence-electron chi connectivity index (χ1n) is 6.38. The van der Waals surface area contributed by atoms with Crippen molar-refractivity contribution < 1.29 is 0 Å². The molecule has 1 saturated carbocycles. The van der Waals surface area contributed by atoms with Gasteiger partial charge >= 0.3 is 0 Å². The normalized spacial score (nSPS) is 21.2. The smallest absolute Gasteiger partial charge is 0.00951 e. The Hall–Kier alpha value is -0.0400. The first-order chi connectivity index (χ1) is 6.65. The number of hydrogen-bond acceptors (Lipinski definition) is 1. The van der Waals surface area contributed by atoms with E-state index >= 15 is 0 Å². The Bertz CT molecular complexity index is 149. The van der Waals surface area contributed by atoms with Gasteiger partial charge in [0.25, 0.3) is 0 Å². The van der Waals surface area contributed by atoms with E-state index in [0.29, 0.717) is 0 Å². The monoisotopic (exact) mass is 197 g/mol. The van der Waals surface area contributed by atoms with Crippen molar-refractivity contribution >= 4 is 0 Å². The Morgan fingerprint density at radius 1 is 1.21 bits per heavy atom. The predicted octanol–water partition coefficient (Wildman–Crippen LogP) is 3.45. The molecule has 0 amide bonds. The highest BCUT2D eigenvalue weighted by molar-refractivity contribution is 4.80. The van der Waals surface area contributed by atoms with Crippen LogP contribution >= 0.6 is 0 Å². The molecule has 2 unspecified atom stereocenters. The molecule has 14 heavy (non-hydrogen) atoms. The van der Waals surface area contributed by atoms with Crippen LogP contribution in [-0.2, 0) is 0 Å². The fraction of sp³-hybridized carbons (Fsp3) is 1.00. The van der Waals surface area contributed by atoms with Crippen LogP contribution in [0.1, 0.15) is 53.4 Å². The van der Waals surface area contributed by atoms with Crippen LogP contribution in [0.4, 0.5) is 0 Å². The van der Waals surface area contributed by atoms with Gasteiger partial charge in [-0.25, -0.2) is 0 Å². The Morgan fingerprint density at radius 3 is 2.29 bits per heavy atom. The summed E-state index contributed by atoms with van der Waals surface area (Å²) in [6.45, 7) is 10.4. The molecule has 1 fully saturated rings. The van der Waals surface area contributed by atoms with Crippen molar-refractivity contribution in [2.45, 2.75) is 59.4 Å². The fourth-order valence-electron chi connectivity index (χ4n) is 2.10. The van der Waals surface area contributed by atoms with Crippen molar-refractivity contribution in [2.24, 2.45) is 17.8 Å². The van der Waals surface area contributed by atoms with Crippen LogP contribution in [0.25, 0.3) is 0 Å². The van der Waals surface area contributed by atoms with Gasteiger partial charge < -0.3 is 5.32 Å². The fourth-order valence-corrected chi connectivity index (χ4v) is 2.10. The van der Waals surface area contributed by atoms with Crippen molar-refractivity contribution in [3.63, 3.8) is 0 Å². The Morgan fingerprint density at radius 2 is 1.86 bits per heavy atom. The maximum absolute atomic E-state index is 3.65. The molecule has 1 N–H and O–H groups in total. The van der Waals surface area contributed by atoms with Crippen LogP contribution in [0.3, 0.4) is 0 Å². The molecule has 1 heteroatoms. The van der Waals surface area contributed by atoms with Gasteiger partial charge in [0.2, 0.25) is 0 Å². The summed E-state index contributed by atoms with van der Waals surface area (Å²) in [6, 6.07) is 0.751. The predicted molar refractivity (Wildman–Crippen MR) is 63.4 cm³/mol. The lowest BCUT2D eigenvalue weighted by atomic mass is 9.87. The van der Waals surface area contributed by atoms with E-state index in [4.69, 9.17) is 0 Å². The molecule has 1 nitrogen and oxygen atoms in total. The Kier molecular flexibility index (Phi) is 4.94. The van der Waals surface area contributed by atoms with E-state index in [1.807, 2.05) is 0 Å². The average Bonchev–Trinajstić information content (AvgIpc) is 2.94. The van der Waals surface area contributed by atoms with Gasteiger partial charge in [-0.15, -0.1) is 0 Å². The van der Waals surface area contributed by atoms with E-state index in [1.54, 1.807) is 0 Å². The lowest BCUT2D eigenvalue weighted by Gasteiger charge is -2.27. The Labute approximate surface area is 89.7 Å². The summed E-state index contributed by atoms with van der Waals surface area (Å²) in [5, 5.41) is 3.65. The summed E-state index contributed by atoms with van der Waals surface area (Å²) in [7, 11) is 0. The van der Waals surface area contributed by atoms with Crippen LogP contribution in [0, 0.1) is 17.8 Å². The second-order valence-electron chi connectivity index (χ2n) is 5.29. The molecule has 0 aliphatic heterocycles. The van der Waals surface area contributed by atoms with Crippen LogP contribution in [0.5, 0.6) is 0 Å². The molecular weight excluding hydrogens is 170 g/mol. The van der Waals surface area contributed by atoms with Crippen molar-refractivity contribution in [1.29, 1.82) is 0 Å². The zero-order valence-electron chi connectivity index (χ0n) is 10.3. The van der Waals surface area contributed by atoms with Gasteiger partial charge in [0, 0.05) is 6.04 Å². The molecule has 1 aliphatic rings. The standard InChI is InChI=1S/C13H27N/c1-5-14-13(11(4)10(2)3)9-8-12-6-7-12/h10-14H,5-9H2,1-4H3. The average molecular weight is 197 g/mol. The largest absolute Gasteiger partial charge is 0.314 e. The Balaban J connectivity index is 2.27. The number of nitrogens with one attached hydrogen (secondary N) is 1. The summed E-state index contributed by atoms with van der Waals surface area (Å²) in [4.78, 5) is 0. The van der Waals surface area contributed by atoms with Gasteiger partial charge in [-0.3, -0.25) is 0 Å². The molecule has 0 spiro atoms. The first-order valence-corrected chi connectivity index (χ1v) is 6.38. The minimum absolute atomic E-state index is 0.751. The first kappa shape index (κ1) is 12.0. The van der Waals surface area contributed by atoms with Crippen molar-refractivity contribution in [3.8, 4) is 0 Å². The maximum atomic E-state index is 3.65. The third-order valence-electron chi connectivity index (χ3n) is 3.74. The second kappa shape index (κ2) is 5.75. The van der Waals surface area contributed by atoms with Crippen molar-refractivity contribution in [3.05, 3.63) is 0 Å². The molecule has 0 aromatic carbocycles. The molecule has 0 aromatic heterocycles. The maximum Gasteiger partial charge on any atom is 0.00951 e. The molecule has 0 saturated heterocycles. The van der Waals surface area contributed by atoms with E-state index in [2.05, 4.69) is 33.0 Å². The third kappa shape index (κ3) is 4.00. The van der Waals surface area contributed by atoms with E-state index in [-0.39, 0.29) is 0 Å². The number of rotatable bonds is 7. The molecular formula is C13H27N. The lowest BCUT2D eigenvalue weighted by molar-refractivity contribution is 0.281. The van der Waals surface area contributed by atoms with Crippen LogP contribution in [-0.4, -0.2) is 12.6 Å². The van der Waals surface area contributed by atoms with Gasteiger partial charge in [0.15, 0.2) is 0 Å². The van der Waals surface area contributed by atoms with Crippen LogP contribution < -0.4 is 5.32 Å². The molecule has 0 bridgehead atoms. The second-order valence-corrected chi connectivity index (χ2v) is 5.29. The van der Waals surface area contributed by atoms with Crippen LogP contribution in [0.15, 0.2) is 0 Å². The van der Waals surface area contributed by atoms with Gasteiger partial charge in [-0.2, -0.15) is 0 Å². The summed E-state index contributed by atoms with van der Waals surface area (Å²) >= 11 is 0. The summed E-state index contributed by atoms with van der Waals surface area (Å²) < 4.78 is 0. The van der Waals surface area contributed by atoms with E-state index in [1.165, 1.54) is 25.7 Å². The summed E-state index contributed by atoms with van der Waals surface area (Å²) in [5.74, 6) is 2.70. The minimum atomic E-state index is 0.751. The van der Waals surface area contributed by atoms with Crippen molar-refractivity contribution in [2.75, 3.05) is 6.54 Å². The molecule has 1 rings (SSSR count). The molecule has 0 radical (unpaired) electrons. The number of hydrogen-bond donors (Lipinski definition) is 1. The molecule has 0 heterocycles. The molecule has 2 atom stereocenters. The third-order valence-corrected chi connectivity index (χ3v) is 3.74. The summed E-state index contributed by atoms with van der Waals surface area (Å²) in [6.07, 6.45) is 5.83. The molecule has 84 valence electrons. The summed E-state index contributed by atoms with van der Waals surface area (Å²) in [5.41, 5.74) is 0. The molecule has 0 aromatic rings. The van der Waals surface area contributed by atoms with E-state index in [0.717, 1.165) is 30.3 Å². The molecule has 1 aliphatic carbocycles. The lowest BCUT2D eigenvalue weighted by Crippen LogP contribution is -2.37. The van der Waals surface area contributed by atoms with Gasteiger partial charge in [0.1, 0.15) is 0 Å². The zero-order valence-corrected chi connectivity index (χ0v) is 10.3. The van der Waals surface area contributed by atoms with Gasteiger partial charge in [-0.05, 0) is 37.1 Å². The quantitative estimate of drug-likeness (QED) is 0.659. The van der Waals surface area contributed by atoms with E-state index < -0.39 is 0 Å². The highest BCUT2D eigenvalue weighted by Crippen LogP contribution is 2.34. The highest BCUT2D eigenvalue weighted by Gasteiger charge is 2.25. The van der Waals surface area contributed by atoms with Crippen molar-refractivity contribution in [1.82, 2.24) is 5.32 Å². The SMILES string of the molecule is CCNC(CCC1CC1)C(C)C(C)C. The highest BCUT2D eigenvalue weighted by atomic mass is 14.9. The van der Waals surface area contributed by atoms with Crippen LogP contribution in [0.2, 0.25) is 0 Å². The van der Waals surface area contributed by atoms with Gasteiger partial charge in [-0.1, -0.05) is 40.5 Å². The van der Waals surface area contributed by atoms with Gasteiger partial charge in [0.05, 0.1) is 0 Å². The minimum Gasteiger partial charge on any atom is -0.314 e. The zero-order chi connectivity index (χ0) is 10.6. The van der Waals surface area contributed by atoms with E-state index in [9.17, 15) is 0 Å².